The van der Waals surface area contributed by atoms with Crippen LogP contribution in [0.4, 0.5) is 9.93 Å². The second-order valence-corrected chi connectivity index (χ2v) is 4.40. The summed E-state index contributed by atoms with van der Waals surface area (Å²) in [4.78, 5) is 32.5. The molecule has 1 aromatic rings. The van der Waals surface area contributed by atoms with Crippen molar-refractivity contribution >= 4 is 34.4 Å². The van der Waals surface area contributed by atoms with Crippen LogP contribution < -0.4 is 10.6 Å². The van der Waals surface area contributed by atoms with Crippen LogP contribution in [-0.4, -0.2) is 44.4 Å². The van der Waals surface area contributed by atoms with E-state index in [1.807, 2.05) is 5.32 Å². The summed E-state index contributed by atoms with van der Waals surface area (Å²) < 4.78 is 0. The monoisotopic (exact) mass is 274 g/mol. The normalized spacial score (nSPS) is 11.6. The van der Waals surface area contributed by atoms with E-state index in [1.54, 1.807) is 6.92 Å². The van der Waals surface area contributed by atoms with Gasteiger partial charge in [-0.15, -0.1) is 10.2 Å². The van der Waals surface area contributed by atoms with Gasteiger partial charge in [-0.25, -0.2) is 9.59 Å². The standard InChI is InChI=1S/C8H10N4O5S/c1-3-11-12-8(18-3)10-7(17)9-4(6(15)16)2-5(13)14/h4H,2H2,1H3,(H,13,14)(H,15,16)(H2,9,10,12,17)/t4-/m1/s1. The fourth-order valence-corrected chi connectivity index (χ4v) is 1.60. The minimum Gasteiger partial charge on any atom is -0.481 e. The van der Waals surface area contributed by atoms with Crippen LogP contribution in [0.3, 0.4) is 0 Å². The molecule has 1 atom stereocenters. The Kier molecular flexibility index (Phi) is 4.54. The summed E-state index contributed by atoms with van der Waals surface area (Å²) in [7, 11) is 0. The molecule has 1 rings (SSSR count). The number of rotatable bonds is 5. The number of amides is 2. The minimum absolute atomic E-state index is 0.199. The number of urea groups is 1. The van der Waals surface area contributed by atoms with Crippen LogP contribution in [0.2, 0.25) is 0 Å². The Bertz CT molecular complexity index is 474. The number of carbonyl (C=O) groups is 3. The Morgan fingerprint density at radius 2 is 2.00 bits per heavy atom. The Morgan fingerprint density at radius 3 is 2.44 bits per heavy atom. The average molecular weight is 274 g/mol. The molecular formula is C8H10N4O5S. The van der Waals surface area contributed by atoms with Crippen LogP contribution in [0, 0.1) is 6.92 Å². The maximum atomic E-state index is 11.4. The summed E-state index contributed by atoms with van der Waals surface area (Å²) in [6, 6.07) is -2.35. The van der Waals surface area contributed by atoms with Crippen molar-refractivity contribution in [1.82, 2.24) is 15.5 Å². The summed E-state index contributed by atoms with van der Waals surface area (Å²) in [5, 5.41) is 29.5. The van der Waals surface area contributed by atoms with Crippen molar-refractivity contribution in [2.45, 2.75) is 19.4 Å². The molecule has 0 bridgehead atoms. The molecular weight excluding hydrogens is 264 g/mol. The fraction of sp³-hybridized carbons (Fsp3) is 0.375. The van der Waals surface area contributed by atoms with E-state index < -0.39 is 30.4 Å². The lowest BCUT2D eigenvalue weighted by atomic mass is 10.2. The molecule has 2 amide bonds. The molecule has 0 aromatic carbocycles. The molecule has 0 spiro atoms. The van der Waals surface area contributed by atoms with E-state index in [-0.39, 0.29) is 5.13 Å². The topological polar surface area (TPSA) is 142 Å². The molecule has 10 heteroatoms. The molecule has 0 unspecified atom stereocenters. The zero-order valence-corrected chi connectivity index (χ0v) is 10.0. The van der Waals surface area contributed by atoms with Gasteiger partial charge in [-0.2, -0.15) is 0 Å². The first-order chi connectivity index (χ1) is 8.38. The van der Waals surface area contributed by atoms with Gasteiger partial charge in [0.2, 0.25) is 5.13 Å². The first kappa shape index (κ1) is 13.8. The van der Waals surface area contributed by atoms with Crippen LogP contribution >= 0.6 is 11.3 Å². The van der Waals surface area contributed by atoms with Gasteiger partial charge in [0.05, 0.1) is 6.42 Å². The van der Waals surface area contributed by atoms with Gasteiger partial charge < -0.3 is 15.5 Å². The van der Waals surface area contributed by atoms with Gasteiger partial charge in [0.25, 0.3) is 0 Å². The highest BCUT2D eigenvalue weighted by molar-refractivity contribution is 7.15. The highest BCUT2D eigenvalue weighted by Gasteiger charge is 2.23. The van der Waals surface area contributed by atoms with Crippen molar-refractivity contribution in [2.24, 2.45) is 0 Å². The van der Waals surface area contributed by atoms with Crippen molar-refractivity contribution in [3.05, 3.63) is 5.01 Å². The van der Waals surface area contributed by atoms with Gasteiger partial charge in [-0.3, -0.25) is 10.1 Å². The summed E-state index contributed by atoms with van der Waals surface area (Å²) >= 11 is 1.11. The molecule has 1 aromatic heterocycles. The van der Waals surface area contributed by atoms with E-state index in [0.29, 0.717) is 5.01 Å². The maximum Gasteiger partial charge on any atom is 0.326 e. The van der Waals surface area contributed by atoms with E-state index in [4.69, 9.17) is 10.2 Å². The summed E-state index contributed by atoms with van der Waals surface area (Å²) in [6.45, 7) is 1.69. The molecule has 0 fully saturated rings. The largest absolute Gasteiger partial charge is 0.481 e. The van der Waals surface area contributed by atoms with Crippen LogP contribution in [0.1, 0.15) is 11.4 Å². The molecule has 0 saturated heterocycles. The zero-order chi connectivity index (χ0) is 13.7. The number of nitrogens with one attached hydrogen (secondary N) is 2. The molecule has 0 saturated carbocycles. The van der Waals surface area contributed by atoms with E-state index in [0.717, 1.165) is 11.3 Å². The molecule has 98 valence electrons. The highest BCUT2D eigenvalue weighted by atomic mass is 32.1. The Hall–Kier alpha value is -2.23. The fourth-order valence-electron chi connectivity index (χ4n) is 1.01. The van der Waals surface area contributed by atoms with Crippen molar-refractivity contribution < 1.29 is 24.6 Å². The van der Waals surface area contributed by atoms with Crippen molar-refractivity contribution in [3.63, 3.8) is 0 Å². The third-order valence-corrected chi connectivity index (χ3v) is 2.48. The van der Waals surface area contributed by atoms with Crippen LogP contribution in [0.25, 0.3) is 0 Å². The molecule has 0 aliphatic rings. The smallest absolute Gasteiger partial charge is 0.326 e. The van der Waals surface area contributed by atoms with Crippen LogP contribution in [-0.2, 0) is 9.59 Å². The zero-order valence-electron chi connectivity index (χ0n) is 9.21. The molecule has 0 radical (unpaired) electrons. The number of aromatic nitrogens is 2. The van der Waals surface area contributed by atoms with E-state index >= 15 is 0 Å². The lowest BCUT2D eigenvalue weighted by molar-refractivity contribution is -0.145. The second kappa shape index (κ2) is 5.91. The van der Waals surface area contributed by atoms with E-state index in [9.17, 15) is 14.4 Å². The van der Waals surface area contributed by atoms with E-state index in [1.165, 1.54) is 0 Å². The molecule has 4 N–H and O–H groups in total. The minimum atomic E-state index is -1.50. The summed E-state index contributed by atoms with van der Waals surface area (Å²) in [5.41, 5.74) is 0. The second-order valence-electron chi connectivity index (χ2n) is 3.21. The van der Waals surface area contributed by atoms with E-state index in [2.05, 4.69) is 15.5 Å². The third-order valence-electron chi connectivity index (χ3n) is 1.73. The lowest BCUT2D eigenvalue weighted by Gasteiger charge is -2.11. The van der Waals surface area contributed by atoms with Gasteiger partial charge in [0.1, 0.15) is 11.0 Å². The summed E-state index contributed by atoms with van der Waals surface area (Å²) in [6.07, 6.45) is -0.710. The number of carboxylic acid groups (broad SMARTS) is 2. The van der Waals surface area contributed by atoms with Gasteiger partial charge in [-0.1, -0.05) is 11.3 Å². The molecule has 1 heterocycles. The molecule has 0 aliphatic heterocycles. The number of hydrogen-bond acceptors (Lipinski definition) is 6. The third kappa shape index (κ3) is 4.33. The molecule has 0 aliphatic carbocycles. The number of anilines is 1. The highest BCUT2D eigenvalue weighted by Crippen LogP contribution is 2.13. The van der Waals surface area contributed by atoms with Crippen molar-refractivity contribution in [1.29, 1.82) is 0 Å². The number of hydrogen-bond donors (Lipinski definition) is 4. The first-order valence-corrected chi connectivity index (χ1v) is 5.52. The number of nitrogens with zero attached hydrogens (tertiary/aromatic N) is 2. The van der Waals surface area contributed by atoms with Gasteiger partial charge in [0.15, 0.2) is 0 Å². The number of carboxylic acids is 2. The molecule has 18 heavy (non-hydrogen) atoms. The van der Waals surface area contributed by atoms with Gasteiger partial charge in [0, 0.05) is 0 Å². The number of carbonyl (C=O) groups excluding carboxylic acids is 1. The van der Waals surface area contributed by atoms with Crippen LogP contribution in [0.15, 0.2) is 0 Å². The Labute approximate surface area is 105 Å². The predicted molar refractivity (Wildman–Crippen MR) is 60.5 cm³/mol. The number of aliphatic carboxylic acids is 2. The van der Waals surface area contributed by atoms with Crippen molar-refractivity contribution in [2.75, 3.05) is 5.32 Å². The number of aryl methyl sites for hydroxylation is 1. The Balaban J connectivity index is 2.56. The Morgan fingerprint density at radius 1 is 1.33 bits per heavy atom. The predicted octanol–water partition coefficient (Wildman–Crippen LogP) is -0.104. The molecule has 9 nitrogen and oxygen atoms in total. The average Bonchev–Trinajstić information content (AvgIpc) is 2.62. The first-order valence-electron chi connectivity index (χ1n) is 4.70. The SMILES string of the molecule is Cc1nnc(NC(=O)N[C@H](CC(=O)O)C(=O)O)s1. The van der Waals surface area contributed by atoms with Crippen molar-refractivity contribution in [3.8, 4) is 0 Å². The maximum absolute atomic E-state index is 11.4. The lowest BCUT2D eigenvalue weighted by Crippen LogP contribution is -2.44. The summed E-state index contributed by atoms with van der Waals surface area (Å²) in [5.74, 6) is -2.75. The van der Waals surface area contributed by atoms with Gasteiger partial charge in [-0.05, 0) is 6.92 Å². The van der Waals surface area contributed by atoms with Crippen LogP contribution in [0.5, 0.6) is 0 Å². The van der Waals surface area contributed by atoms with Gasteiger partial charge >= 0.3 is 18.0 Å². The quantitative estimate of drug-likeness (QED) is 0.587.